The smallest absolute Gasteiger partial charge is 0.341 e. The molecule has 0 spiro atoms. The first kappa shape index (κ1) is 18.6. The molecule has 0 aromatic heterocycles. The van der Waals surface area contributed by atoms with Gasteiger partial charge in [-0.2, -0.15) is 0 Å². The zero-order valence-electron chi connectivity index (χ0n) is 14.9. The highest BCUT2D eigenvalue weighted by Gasteiger charge is 2.26. The van der Waals surface area contributed by atoms with Crippen LogP contribution in [0.2, 0.25) is 0 Å². The first-order valence-corrected chi connectivity index (χ1v) is 8.56. The molecule has 2 N–H and O–H groups in total. The Kier molecular flexibility index (Phi) is 5.80. The molecule has 0 unspecified atom stereocenters. The van der Waals surface area contributed by atoms with Crippen molar-refractivity contribution in [2.45, 2.75) is 13.0 Å². The summed E-state index contributed by atoms with van der Waals surface area (Å²) >= 11 is 0. The average Bonchev–Trinajstić information content (AvgIpc) is 2.70. The lowest BCUT2D eigenvalue weighted by Gasteiger charge is -2.25. The highest BCUT2D eigenvalue weighted by Crippen LogP contribution is 2.31. The summed E-state index contributed by atoms with van der Waals surface area (Å²) < 4.78 is 16.0. The van der Waals surface area contributed by atoms with Crippen molar-refractivity contribution in [3.05, 3.63) is 53.6 Å². The van der Waals surface area contributed by atoms with Crippen molar-refractivity contribution in [1.82, 2.24) is 5.32 Å². The van der Waals surface area contributed by atoms with Crippen molar-refractivity contribution in [3.8, 4) is 17.2 Å². The van der Waals surface area contributed by atoms with Gasteiger partial charge in [-0.1, -0.05) is 18.2 Å². The monoisotopic (exact) mass is 371 g/mol. The first-order chi connectivity index (χ1) is 13.0. The van der Waals surface area contributed by atoms with E-state index in [1.807, 2.05) is 24.3 Å². The summed E-state index contributed by atoms with van der Waals surface area (Å²) in [6.45, 7) is 0.238. The van der Waals surface area contributed by atoms with Crippen LogP contribution in [-0.2, 0) is 22.6 Å². The van der Waals surface area contributed by atoms with Crippen molar-refractivity contribution in [3.63, 3.8) is 0 Å². The number of methoxy groups -OCH3 is 1. The highest BCUT2D eigenvalue weighted by atomic mass is 16.5. The van der Waals surface area contributed by atoms with Crippen LogP contribution in [0.4, 0.5) is 0 Å². The Bertz CT molecular complexity index is 835. The molecule has 0 saturated carbocycles. The number of fused-ring (bicyclic) bond motifs is 1. The van der Waals surface area contributed by atoms with Gasteiger partial charge in [-0.3, -0.25) is 4.79 Å². The van der Waals surface area contributed by atoms with E-state index >= 15 is 0 Å². The number of carboxylic acid groups (broad SMARTS) is 1. The molecule has 1 aliphatic rings. The number of nitrogens with one attached hydrogen (secondary N) is 1. The summed E-state index contributed by atoms with van der Waals surface area (Å²) in [5, 5.41) is 11.6. The Hall–Kier alpha value is -3.22. The lowest BCUT2D eigenvalue weighted by molar-refractivity contribution is -0.139. The van der Waals surface area contributed by atoms with Gasteiger partial charge in [-0.25, -0.2) is 4.79 Å². The average molecular weight is 371 g/mol. The summed E-state index contributed by atoms with van der Waals surface area (Å²) in [4.78, 5) is 23.0. The zero-order chi connectivity index (χ0) is 19.2. The third kappa shape index (κ3) is 4.91. The van der Waals surface area contributed by atoms with Crippen molar-refractivity contribution in [2.24, 2.45) is 5.92 Å². The van der Waals surface area contributed by atoms with Crippen molar-refractivity contribution in [1.29, 1.82) is 0 Å². The van der Waals surface area contributed by atoms with Crippen molar-refractivity contribution < 1.29 is 28.9 Å². The van der Waals surface area contributed by atoms with Crippen LogP contribution in [0.1, 0.15) is 11.1 Å². The van der Waals surface area contributed by atoms with E-state index < -0.39 is 12.6 Å². The minimum absolute atomic E-state index is 0.0895. The standard InChI is InChI=1S/C20H21NO6/c1-25-16-6-5-14-8-15(11-27-18(14)9-16)20(24)21-10-13-3-2-4-17(7-13)26-12-19(22)23/h2-7,9,15H,8,10-12H2,1H3,(H,21,24)(H,22,23)/t15-/m1/s1. The van der Waals surface area contributed by atoms with Crippen LogP contribution in [0, 0.1) is 5.92 Å². The molecule has 0 bridgehead atoms. The molecule has 0 saturated heterocycles. The van der Waals surface area contributed by atoms with Crippen LogP contribution in [0.3, 0.4) is 0 Å². The van der Waals surface area contributed by atoms with E-state index in [1.54, 1.807) is 25.3 Å². The van der Waals surface area contributed by atoms with Gasteiger partial charge in [-0.15, -0.1) is 0 Å². The summed E-state index contributed by atoms with van der Waals surface area (Å²) in [6.07, 6.45) is 0.604. The molecule has 0 radical (unpaired) electrons. The maximum absolute atomic E-state index is 12.5. The molecule has 142 valence electrons. The van der Waals surface area contributed by atoms with Crippen molar-refractivity contribution in [2.75, 3.05) is 20.3 Å². The van der Waals surface area contributed by atoms with E-state index in [0.29, 0.717) is 25.3 Å². The topological polar surface area (TPSA) is 94.1 Å². The lowest BCUT2D eigenvalue weighted by Crippen LogP contribution is -2.37. The normalized spacial score (nSPS) is 15.2. The Morgan fingerprint density at radius 3 is 2.85 bits per heavy atom. The van der Waals surface area contributed by atoms with E-state index in [4.69, 9.17) is 19.3 Å². The summed E-state index contributed by atoms with van der Waals surface area (Å²) in [7, 11) is 1.60. The Labute approximate surface area is 156 Å². The number of ether oxygens (including phenoxy) is 3. The molecule has 1 aliphatic heterocycles. The van der Waals surface area contributed by atoms with Crippen LogP contribution < -0.4 is 19.5 Å². The van der Waals surface area contributed by atoms with Gasteiger partial charge in [0, 0.05) is 12.6 Å². The molecule has 1 heterocycles. The van der Waals surface area contributed by atoms with E-state index in [1.165, 1.54) is 0 Å². The number of rotatable bonds is 7. The molecule has 2 aromatic carbocycles. The molecule has 2 aromatic rings. The van der Waals surface area contributed by atoms with Gasteiger partial charge in [0.2, 0.25) is 5.91 Å². The number of carboxylic acids is 1. The van der Waals surface area contributed by atoms with Gasteiger partial charge in [-0.05, 0) is 35.7 Å². The second-order valence-electron chi connectivity index (χ2n) is 6.23. The Balaban J connectivity index is 1.55. The molecule has 0 aliphatic carbocycles. The fraction of sp³-hybridized carbons (Fsp3) is 0.300. The molecule has 1 atom stereocenters. The van der Waals surface area contributed by atoms with Crippen LogP contribution in [-0.4, -0.2) is 37.3 Å². The molecule has 1 amide bonds. The highest BCUT2D eigenvalue weighted by molar-refractivity contribution is 5.79. The third-order valence-electron chi connectivity index (χ3n) is 4.28. The number of aliphatic carboxylic acids is 1. The number of carbonyl (C=O) groups excluding carboxylic acids is 1. The lowest BCUT2D eigenvalue weighted by atomic mass is 9.96. The predicted molar refractivity (Wildman–Crippen MR) is 97.1 cm³/mol. The number of carbonyl (C=O) groups is 2. The van der Waals surface area contributed by atoms with E-state index in [-0.39, 0.29) is 11.8 Å². The van der Waals surface area contributed by atoms with Gasteiger partial charge < -0.3 is 24.6 Å². The number of benzene rings is 2. The van der Waals surface area contributed by atoms with Gasteiger partial charge in [0.05, 0.1) is 13.0 Å². The quantitative estimate of drug-likeness (QED) is 0.773. The van der Waals surface area contributed by atoms with Crippen molar-refractivity contribution >= 4 is 11.9 Å². The van der Waals surface area contributed by atoms with E-state index in [9.17, 15) is 9.59 Å². The predicted octanol–water partition coefficient (Wildman–Crippen LogP) is 2.03. The summed E-state index contributed by atoms with van der Waals surface area (Å²) in [5.74, 6) is 0.533. The van der Waals surface area contributed by atoms with Gasteiger partial charge in [0.15, 0.2) is 6.61 Å². The first-order valence-electron chi connectivity index (χ1n) is 8.56. The minimum Gasteiger partial charge on any atom is -0.497 e. The fourth-order valence-electron chi connectivity index (χ4n) is 2.87. The largest absolute Gasteiger partial charge is 0.497 e. The molecular weight excluding hydrogens is 350 g/mol. The van der Waals surface area contributed by atoms with Crippen LogP contribution >= 0.6 is 0 Å². The fourth-order valence-corrected chi connectivity index (χ4v) is 2.87. The van der Waals surface area contributed by atoms with Gasteiger partial charge in [0.1, 0.15) is 23.9 Å². The van der Waals surface area contributed by atoms with Gasteiger partial charge in [0.25, 0.3) is 0 Å². The SMILES string of the molecule is COc1ccc2c(c1)OC[C@H](C(=O)NCc1cccc(OCC(=O)O)c1)C2. The Morgan fingerprint density at radius 2 is 2.07 bits per heavy atom. The summed E-state index contributed by atoms with van der Waals surface area (Å²) in [5.41, 5.74) is 1.80. The molecule has 0 fully saturated rings. The minimum atomic E-state index is -1.04. The second kappa shape index (κ2) is 8.44. The molecule has 27 heavy (non-hydrogen) atoms. The van der Waals surface area contributed by atoms with Crippen LogP contribution in [0.25, 0.3) is 0 Å². The zero-order valence-corrected chi connectivity index (χ0v) is 14.9. The summed E-state index contributed by atoms with van der Waals surface area (Å²) in [6, 6.07) is 12.6. The maximum Gasteiger partial charge on any atom is 0.341 e. The number of amides is 1. The molecule has 7 nitrogen and oxygen atoms in total. The molecular formula is C20H21NO6. The Morgan fingerprint density at radius 1 is 1.22 bits per heavy atom. The maximum atomic E-state index is 12.5. The number of hydrogen-bond donors (Lipinski definition) is 2. The second-order valence-corrected chi connectivity index (χ2v) is 6.23. The third-order valence-corrected chi connectivity index (χ3v) is 4.28. The molecule has 3 rings (SSSR count). The number of hydrogen-bond acceptors (Lipinski definition) is 5. The van der Waals surface area contributed by atoms with E-state index in [2.05, 4.69) is 5.32 Å². The van der Waals surface area contributed by atoms with Gasteiger partial charge >= 0.3 is 5.97 Å². The van der Waals surface area contributed by atoms with Crippen LogP contribution in [0.5, 0.6) is 17.2 Å². The molecule has 7 heteroatoms. The van der Waals surface area contributed by atoms with Crippen LogP contribution in [0.15, 0.2) is 42.5 Å². The van der Waals surface area contributed by atoms with E-state index in [0.717, 1.165) is 22.6 Å².